The molecule has 1 heterocycles. The van der Waals surface area contributed by atoms with Crippen molar-refractivity contribution in [3.8, 4) is 5.75 Å². The topological polar surface area (TPSA) is 76.7 Å². The average Bonchev–Trinajstić information content (AvgIpc) is 3.10. The van der Waals surface area contributed by atoms with Crippen LogP contribution in [0.2, 0.25) is 5.02 Å². The maximum absolute atomic E-state index is 13.2. The average molecular weight is 371 g/mol. The maximum Gasteiger partial charge on any atom is 0.257 e. The van der Waals surface area contributed by atoms with Crippen LogP contribution in [-0.4, -0.2) is 38.2 Å². The van der Waals surface area contributed by atoms with E-state index in [1.807, 2.05) is 0 Å². The van der Waals surface area contributed by atoms with Gasteiger partial charge in [-0.25, -0.2) is 4.39 Å². The van der Waals surface area contributed by atoms with E-state index in [0.29, 0.717) is 38.3 Å². The van der Waals surface area contributed by atoms with Crippen LogP contribution in [-0.2, 0) is 14.3 Å². The molecule has 2 N–H and O–H groups in total. The summed E-state index contributed by atoms with van der Waals surface area (Å²) in [5, 5.41) is 5.33. The highest BCUT2D eigenvalue weighted by atomic mass is 35.5. The van der Waals surface area contributed by atoms with Crippen LogP contribution in [0.15, 0.2) is 30.5 Å². The number of benzene rings is 1. The van der Waals surface area contributed by atoms with E-state index in [1.165, 1.54) is 12.1 Å². The first-order valence-corrected chi connectivity index (χ1v) is 8.24. The van der Waals surface area contributed by atoms with E-state index in [0.717, 1.165) is 6.07 Å². The quantitative estimate of drug-likeness (QED) is 0.734. The summed E-state index contributed by atoms with van der Waals surface area (Å²) < 4.78 is 23.6. The molecule has 2 rings (SSSR count). The molecule has 6 nitrogen and oxygen atoms in total. The van der Waals surface area contributed by atoms with Crippen molar-refractivity contribution in [2.24, 2.45) is 5.92 Å². The number of halogens is 2. The van der Waals surface area contributed by atoms with Gasteiger partial charge in [-0.15, -0.1) is 0 Å². The van der Waals surface area contributed by atoms with Gasteiger partial charge in [-0.3, -0.25) is 9.59 Å². The van der Waals surface area contributed by atoms with Gasteiger partial charge in [-0.05, 0) is 18.6 Å². The van der Waals surface area contributed by atoms with Crippen molar-refractivity contribution < 1.29 is 23.5 Å². The van der Waals surface area contributed by atoms with Crippen molar-refractivity contribution in [3.05, 3.63) is 41.3 Å². The van der Waals surface area contributed by atoms with Crippen LogP contribution in [0.3, 0.4) is 0 Å². The lowest BCUT2D eigenvalue weighted by Gasteiger charge is -2.12. The first-order chi connectivity index (χ1) is 12.0. The Kier molecular flexibility index (Phi) is 7.21. The molecule has 0 aliphatic carbocycles. The van der Waals surface area contributed by atoms with Gasteiger partial charge in [0.25, 0.3) is 5.91 Å². The SMILES string of the molecule is C=C(CCNC(=O)COc1ccc(Cl)c(F)c1)NC(=O)C1CCOC1. The summed E-state index contributed by atoms with van der Waals surface area (Å²) in [5.74, 6) is -1.01. The van der Waals surface area contributed by atoms with Crippen molar-refractivity contribution in [2.75, 3.05) is 26.4 Å². The molecule has 8 heteroatoms. The second-order valence-corrected chi connectivity index (χ2v) is 6.03. The molecular weight excluding hydrogens is 351 g/mol. The molecule has 0 spiro atoms. The Bertz CT molecular complexity index is 648. The van der Waals surface area contributed by atoms with Crippen LogP contribution in [0.25, 0.3) is 0 Å². The highest BCUT2D eigenvalue weighted by molar-refractivity contribution is 6.30. The second-order valence-electron chi connectivity index (χ2n) is 5.62. The predicted octanol–water partition coefficient (Wildman–Crippen LogP) is 2.03. The zero-order valence-electron chi connectivity index (χ0n) is 13.6. The third-order valence-electron chi connectivity index (χ3n) is 3.61. The fourth-order valence-electron chi connectivity index (χ4n) is 2.20. The van der Waals surface area contributed by atoms with Crippen molar-refractivity contribution in [3.63, 3.8) is 0 Å². The molecule has 1 saturated heterocycles. The zero-order valence-corrected chi connectivity index (χ0v) is 14.4. The summed E-state index contributed by atoms with van der Waals surface area (Å²) in [7, 11) is 0. The van der Waals surface area contributed by atoms with E-state index in [1.54, 1.807) is 0 Å². The van der Waals surface area contributed by atoms with E-state index in [-0.39, 0.29) is 35.1 Å². The van der Waals surface area contributed by atoms with Crippen molar-refractivity contribution in [2.45, 2.75) is 12.8 Å². The smallest absolute Gasteiger partial charge is 0.257 e. The molecule has 0 bridgehead atoms. The highest BCUT2D eigenvalue weighted by Crippen LogP contribution is 2.20. The normalized spacial score (nSPS) is 16.3. The van der Waals surface area contributed by atoms with E-state index in [2.05, 4.69) is 17.2 Å². The number of ether oxygens (including phenoxy) is 2. The predicted molar refractivity (Wildman–Crippen MR) is 90.7 cm³/mol. The molecule has 2 amide bonds. The number of hydrogen-bond acceptors (Lipinski definition) is 4. The van der Waals surface area contributed by atoms with Gasteiger partial charge in [-0.2, -0.15) is 0 Å². The van der Waals surface area contributed by atoms with Gasteiger partial charge in [0.05, 0.1) is 17.5 Å². The van der Waals surface area contributed by atoms with Gasteiger partial charge in [-0.1, -0.05) is 18.2 Å². The number of carbonyl (C=O) groups excluding carboxylic acids is 2. The monoisotopic (exact) mass is 370 g/mol. The molecule has 0 saturated carbocycles. The maximum atomic E-state index is 13.2. The number of carbonyl (C=O) groups is 2. The number of amides is 2. The van der Waals surface area contributed by atoms with Gasteiger partial charge in [0, 0.05) is 31.3 Å². The lowest BCUT2D eigenvalue weighted by atomic mass is 10.1. The lowest BCUT2D eigenvalue weighted by Crippen LogP contribution is -2.33. The Balaban J connectivity index is 1.61. The number of nitrogens with one attached hydrogen (secondary N) is 2. The van der Waals surface area contributed by atoms with Gasteiger partial charge in [0.15, 0.2) is 6.61 Å². The fourth-order valence-corrected chi connectivity index (χ4v) is 2.32. The molecule has 1 aliphatic heterocycles. The van der Waals surface area contributed by atoms with E-state index < -0.39 is 5.82 Å². The fraction of sp³-hybridized carbons (Fsp3) is 0.412. The van der Waals surface area contributed by atoms with Crippen LogP contribution in [0.4, 0.5) is 4.39 Å². The minimum atomic E-state index is -0.612. The van der Waals surface area contributed by atoms with Crippen molar-refractivity contribution in [1.29, 1.82) is 0 Å². The molecule has 1 aliphatic rings. The standard InChI is InChI=1S/C17H20ClFN2O4/c1-11(21-17(23)12-5-7-24-9-12)4-6-20-16(22)10-25-13-2-3-14(18)15(19)8-13/h2-3,8,12H,1,4-7,9-10H2,(H,20,22)(H,21,23). The van der Waals surface area contributed by atoms with E-state index >= 15 is 0 Å². The summed E-state index contributed by atoms with van der Waals surface area (Å²) in [4.78, 5) is 23.6. The second kappa shape index (κ2) is 9.39. The molecule has 0 aromatic heterocycles. The lowest BCUT2D eigenvalue weighted by molar-refractivity contribution is -0.124. The number of rotatable bonds is 8. The Labute approximate surface area is 150 Å². The first-order valence-electron chi connectivity index (χ1n) is 7.86. The van der Waals surface area contributed by atoms with Crippen LogP contribution >= 0.6 is 11.6 Å². The molecule has 1 unspecified atom stereocenters. The first kappa shape index (κ1) is 19.2. The molecule has 1 atom stereocenters. The zero-order chi connectivity index (χ0) is 18.2. The third kappa shape index (κ3) is 6.36. The largest absolute Gasteiger partial charge is 0.484 e. The van der Waals surface area contributed by atoms with Crippen LogP contribution in [0, 0.1) is 11.7 Å². The molecule has 1 fully saturated rings. The molecule has 0 radical (unpaired) electrons. The molecule has 1 aromatic rings. The minimum absolute atomic E-state index is 0.0125. The Morgan fingerprint density at radius 2 is 2.24 bits per heavy atom. The summed E-state index contributed by atoms with van der Waals surface area (Å²) >= 11 is 5.56. The third-order valence-corrected chi connectivity index (χ3v) is 3.92. The highest BCUT2D eigenvalue weighted by Gasteiger charge is 2.23. The molecule has 136 valence electrons. The Morgan fingerprint density at radius 3 is 2.92 bits per heavy atom. The summed E-state index contributed by atoms with van der Waals surface area (Å²) in [6, 6.07) is 3.94. The Morgan fingerprint density at radius 1 is 1.44 bits per heavy atom. The minimum Gasteiger partial charge on any atom is -0.484 e. The molecule has 25 heavy (non-hydrogen) atoms. The van der Waals surface area contributed by atoms with Crippen LogP contribution in [0.5, 0.6) is 5.75 Å². The van der Waals surface area contributed by atoms with Gasteiger partial charge >= 0.3 is 0 Å². The summed E-state index contributed by atoms with van der Waals surface area (Å²) in [6.45, 7) is 4.84. The van der Waals surface area contributed by atoms with E-state index in [9.17, 15) is 14.0 Å². The molecule has 1 aromatic carbocycles. The van der Waals surface area contributed by atoms with Gasteiger partial charge < -0.3 is 20.1 Å². The van der Waals surface area contributed by atoms with Crippen LogP contribution < -0.4 is 15.4 Å². The number of hydrogen-bond donors (Lipinski definition) is 2. The van der Waals surface area contributed by atoms with Crippen LogP contribution in [0.1, 0.15) is 12.8 Å². The Hall–Kier alpha value is -2.12. The summed E-state index contributed by atoms with van der Waals surface area (Å²) in [5.41, 5.74) is 0.526. The van der Waals surface area contributed by atoms with E-state index in [4.69, 9.17) is 21.1 Å². The van der Waals surface area contributed by atoms with Crippen molar-refractivity contribution >= 4 is 23.4 Å². The summed E-state index contributed by atoms with van der Waals surface area (Å²) in [6.07, 6.45) is 1.11. The molecular formula is C17H20ClFN2O4. The van der Waals surface area contributed by atoms with Gasteiger partial charge in [0.1, 0.15) is 11.6 Å². The van der Waals surface area contributed by atoms with Gasteiger partial charge in [0.2, 0.25) is 5.91 Å². The van der Waals surface area contributed by atoms with Crippen molar-refractivity contribution in [1.82, 2.24) is 10.6 Å².